The Bertz CT molecular complexity index is 1540. The molecule has 0 fully saturated rings. The maximum Gasteiger partial charge on any atom is 0.247 e. The SMILES string of the molecule is CCCCc1oc2ccc(NS(=O)(=O)CS(C)(=O)=O)cc2c1C(=O)c1ccc(OCCCN(CCCC)CCCC)cc1. The first-order valence-electron chi connectivity index (χ1n) is 15.2. The molecule has 43 heavy (non-hydrogen) atoms. The van der Waals surface area contributed by atoms with Crippen LogP contribution in [0, 0.1) is 0 Å². The van der Waals surface area contributed by atoms with Crippen LogP contribution < -0.4 is 9.46 Å². The van der Waals surface area contributed by atoms with Crippen LogP contribution in [-0.4, -0.2) is 65.1 Å². The molecule has 2 aromatic carbocycles. The summed E-state index contributed by atoms with van der Waals surface area (Å²) in [5.41, 5.74) is 1.44. The Morgan fingerprint density at radius 3 is 2.09 bits per heavy atom. The summed E-state index contributed by atoms with van der Waals surface area (Å²) in [5, 5.41) is -0.576. The summed E-state index contributed by atoms with van der Waals surface area (Å²) in [6.07, 6.45) is 8.82. The standard InChI is InChI=1S/C32H46N2O7S2/c1-5-8-12-30-31(28-23-26(15-18-29(28)41-30)33-43(38,39)24-42(4,36)37)32(35)25-13-16-27(17-14-25)40-22-11-21-34(19-9-6-2)20-10-7-3/h13-18,23,33H,5-12,19-22,24H2,1-4H3. The minimum absolute atomic E-state index is 0.153. The number of aryl methyl sites for hydroxylation is 1. The van der Waals surface area contributed by atoms with Crippen molar-refractivity contribution in [2.75, 3.05) is 42.3 Å². The minimum Gasteiger partial charge on any atom is -0.494 e. The number of nitrogens with one attached hydrogen (secondary N) is 1. The Morgan fingerprint density at radius 1 is 0.860 bits per heavy atom. The third-order valence-electron chi connectivity index (χ3n) is 7.05. The lowest BCUT2D eigenvalue weighted by Crippen LogP contribution is -2.28. The highest BCUT2D eigenvalue weighted by Crippen LogP contribution is 2.32. The van der Waals surface area contributed by atoms with Crippen LogP contribution in [0.2, 0.25) is 0 Å². The number of sulfone groups is 1. The summed E-state index contributed by atoms with van der Waals surface area (Å²) in [4.78, 5) is 16.3. The van der Waals surface area contributed by atoms with E-state index in [1.54, 1.807) is 30.3 Å². The smallest absolute Gasteiger partial charge is 0.247 e. The van der Waals surface area contributed by atoms with E-state index < -0.39 is 24.9 Å². The molecule has 3 rings (SSSR count). The number of hydrogen-bond donors (Lipinski definition) is 1. The summed E-state index contributed by atoms with van der Waals surface area (Å²) in [6.45, 7) is 10.3. The maximum atomic E-state index is 13.8. The molecule has 11 heteroatoms. The van der Waals surface area contributed by atoms with E-state index >= 15 is 0 Å². The highest BCUT2D eigenvalue weighted by atomic mass is 32.3. The molecule has 0 atom stereocenters. The van der Waals surface area contributed by atoms with Gasteiger partial charge in [0.05, 0.1) is 12.2 Å². The first kappa shape index (κ1) is 34.6. The number of furan rings is 1. The fourth-order valence-corrected chi connectivity index (χ4v) is 7.87. The largest absolute Gasteiger partial charge is 0.494 e. The molecule has 0 amide bonds. The van der Waals surface area contributed by atoms with Gasteiger partial charge in [0.1, 0.15) is 17.1 Å². The van der Waals surface area contributed by atoms with Gasteiger partial charge in [-0.3, -0.25) is 9.52 Å². The fourth-order valence-electron chi connectivity index (χ4n) is 4.89. The van der Waals surface area contributed by atoms with E-state index in [4.69, 9.17) is 9.15 Å². The van der Waals surface area contributed by atoms with Crippen molar-refractivity contribution in [3.05, 3.63) is 59.4 Å². The zero-order valence-corrected chi connectivity index (χ0v) is 27.5. The Hall–Kier alpha value is -2.89. The summed E-state index contributed by atoms with van der Waals surface area (Å²) in [6, 6.07) is 11.6. The average molecular weight is 635 g/mol. The van der Waals surface area contributed by atoms with Crippen molar-refractivity contribution in [3.8, 4) is 5.75 Å². The predicted molar refractivity (Wildman–Crippen MR) is 173 cm³/mol. The summed E-state index contributed by atoms with van der Waals surface area (Å²) in [7, 11) is -7.92. The zero-order chi connectivity index (χ0) is 31.5. The van der Waals surface area contributed by atoms with Crippen LogP contribution in [-0.2, 0) is 26.3 Å². The van der Waals surface area contributed by atoms with Crippen molar-refractivity contribution in [3.63, 3.8) is 0 Å². The van der Waals surface area contributed by atoms with E-state index in [2.05, 4.69) is 23.5 Å². The monoisotopic (exact) mass is 634 g/mol. The number of nitrogens with zero attached hydrogens (tertiary/aromatic N) is 1. The van der Waals surface area contributed by atoms with Crippen molar-refractivity contribution >= 4 is 42.3 Å². The second-order valence-corrected chi connectivity index (χ2v) is 15.3. The van der Waals surface area contributed by atoms with Crippen LogP contribution >= 0.6 is 0 Å². The predicted octanol–water partition coefficient (Wildman–Crippen LogP) is 6.42. The zero-order valence-electron chi connectivity index (χ0n) is 25.9. The molecular formula is C32H46N2O7S2. The van der Waals surface area contributed by atoms with Gasteiger partial charge < -0.3 is 14.1 Å². The number of hydrogen-bond acceptors (Lipinski definition) is 8. The fraction of sp³-hybridized carbons (Fsp3) is 0.531. The van der Waals surface area contributed by atoms with Gasteiger partial charge in [0.25, 0.3) is 0 Å². The second-order valence-electron chi connectivity index (χ2n) is 11.1. The molecule has 0 saturated heterocycles. The molecular weight excluding hydrogens is 588 g/mol. The molecule has 0 radical (unpaired) electrons. The molecule has 9 nitrogen and oxygen atoms in total. The molecule has 1 heterocycles. The van der Waals surface area contributed by atoms with Crippen LogP contribution in [0.3, 0.4) is 0 Å². The van der Waals surface area contributed by atoms with Gasteiger partial charge in [-0.25, -0.2) is 16.8 Å². The Kier molecular flexibility index (Phi) is 13.1. The normalized spacial score (nSPS) is 12.2. The highest BCUT2D eigenvalue weighted by Gasteiger charge is 2.24. The first-order chi connectivity index (χ1) is 20.5. The Morgan fingerprint density at radius 2 is 1.49 bits per heavy atom. The molecule has 0 unspecified atom stereocenters. The topological polar surface area (TPSA) is 123 Å². The van der Waals surface area contributed by atoms with Gasteiger partial charge in [-0.1, -0.05) is 40.0 Å². The number of benzene rings is 2. The van der Waals surface area contributed by atoms with Crippen molar-refractivity contribution < 1.29 is 30.8 Å². The summed E-state index contributed by atoms with van der Waals surface area (Å²) >= 11 is 0. The third kappa shape index (κ3) is 11.0. The highest BCUT2D eigenvalue weighted by molar-refractivity contribution is 8.08. The van der Waals surface area contributed by atoms with E-state index in [1.165, 1.54) is 37.8 Å². The van der Waals surface area contributed by atoms with Gasteiger partial charge in [0.15, 0.2) is 20.7 Å². The minimum atomic E-state index is -4.15. The van der Waals surface area contributed by atoms with Crippen LogP contribution in [0.15, 0.2) is 46.9 Å². The van der Waals surface area contributed by atoms with Gasteiger partial charge in [0, 0.05) is 35.9 Å². The third-order valence-corrected chi connectivity index (χ3v) is 10.5. The van der Waals surface area contributed by atoms with Crippen LogP contribution in [0.5, 0.6) is 5.75 Å². The van der Waals surface area contributed by atoms with Crippen molar-refractivity contribution in [2.24, 2.45) is 0 Å². The average Bonchev–Trinajstić information content (AvgIpc) is 3.31. The van der Waals surface area contributed by atoms with Crippen molar-refractivity contribution in [1.82, 2.24) is 4.90 Å². The van der Waals surface area contributed by atoms with Crippen LogP contribution in [0.1, 0.15) is 87.4 Å². The van der Waals surface area contributed by atoms with Crippen LogP contribution in [0.4, 0.5) is 5.69 Å². The first-order valence-corrected chi connectivity index (χ1v) is 18.9. The van der Waals surface area contributed by atoms with Gasteiger partial charge in [-0.15, -0.1) is 0 Å². The molecule has 0 bridgehead atoms. The van der Waals surface area contributed by atoms with Gasteiger partial charge >= 0.3 is 0 Å². The molecule has 238 valence electrons. The molecule has 0 aliphatic rings. The van der Waals surface area contributed by atoms with E-state index in [0.717, 1.165) is 45.2 Å². The van der Waals surface area contributed by atoms with Crippen LogP contribution in [0.25, 0.3) is 11.0 Å². The number of sulfonamides is 1. The quantitative estimate of drug-likeness (QED) is 0.112. The van der Waals surface area contributed by atoms with E-state index in [0.29, 0.717) is 46.6 Å². The van der Waals surface area contributed by atoms with E-state index in [1.807, 2.05) is 6.92 Å². The van der Waals surface area contributed by atoms with E-state index in [9.17, 15) is 21.6 Å². The lowest BCUT2D eigenvalue weighted by molar-refractivity contribution is 0.103. The number of rotatable bonds is 20. The molecule has 3 aromatic rings. The second kappa shape index (κ2) is 16.3. The number of carbonyl (C=O) groups excluding carboxylic acids is 1. The summed E-state index contributed by atoms with van der Waals surface area (Å²) in [5.74, 6) is 0.986. The number of anilines is 1. The summed E-state index contributed by atoms with van der Waals surface area (Å²) < 4.78 is 62.2. The maximum absolute atomic E-state index is 13.8. The van der Waals surface area contributed by atoms with Crippen molar-refractivity contribution in [1.29, 1.82) is 0 Å². The number of fused-ring (bicyclic) bond motifs is 1. The Labute approximate surface area is 257 Å². The van der Waals surface area contributed by atoms with Gasteiger partial charge in [-0.2, -0.15) is 0 Å². The molecule has 0 saturated carbocycles. The number of unbranched alkanes of at least 4 members (excludes halogenated alkanes) is 3. The number of carbonyl (C=O) groups is 1. The number of ketones is 1. The molecule has 0 aliphatic carbocycles. The molecule has 1 N–H and O–H groups in total. The lowest BCUT2D eigenvalue weighted by Gasteiger charge is -2.21. The number of ether oxygens (including phenoxy) is 1. The molecule has 0 spiro atoms. The Balaban J connectivity index is 1.76. The van der Waals surface area contributed by atoms with E-state index in [-0.39, 0.29) is 11.5 Å². The lowest BCUT2D eigenvalue weighted by atomic mass is 9.98. The molecule has 1 aromatic heterocycles. The molecule has 0 aliphatic heterocycles. The van der Waals surface area contributed by atoms with Gasteiger partial charge in [0.2, 0.25) is 10.0 Å². The van der Waals surface area contributed by atoms with Gasteiger partial charge in [-0.05, 0) is 81.2 Å². The van der Waals surface area contributed by atoms with Crippen molar-refractivity contribution in [2.45, 2.75) is 72.1 Å².